The highest BCUT2D eigenvalue weighted by Crippen LogP contribution is 2.20. The molecule has 4 heteroatoms. The lowest BCUT2D eigenvalue weighted by atomic mass is 10.0. The van der Waals surface area contributed by atoms with Crippen LogP contribution >= 0.6 is 0 Å². The molecule has 0 saturated heterocycles. The Hall–Kier alpha value is -3.06. The Morgan fingerprint density at radius 3 is 1.26 bits per heavy atom. The van der Waals surface area contributed by atoms with Crippen molar-refractivity contribution in [3.8, 4) is 11.8 Å². The molecular formula is C46H74N4. The summed E-state index contributed by atoms with van der Waals surface area (Å²) in [5, 5.41) is 6.86. The third kappa shape index (κ3) is 24.2. The maximum atomic E-state index is 4.83. The summed E-state index contributed by atoms with van der Waals surface area (Å²) in [6.07, 6.45) is 33.7. The highest BCUT2D eigenvalue weighted by atomic mass is 14.9. The summed E-state index contributed by atoms with van der Waals surface area (Å²) < 4.78 is 0. The van der Waals surface area contributed by atoms with Crippen molar-refractivity contribution >= 4 is 34.7 Å². The lowest BCUT2D eigenvalue weighted by molar-refractivity contribution is 0.519. The van der Waals surface area contributed by atoms with E-state index in [9.17, 15) is 0 Å². The molecule has 0 atom stereocenters. The van der Waals surface area contributed by atoms with Gasteiger partial charge in [0, 0.05) is 29.9 Å². The highest BCUT2D eigenvalue weighted by molar-refractivity contribution is 6.39. The summed E-state index contributed by atoms with van der Waals surface area (Å²) >= 11 is 0. The van der Waals surface area contributed by atoms with Gasteiger partial charge in [0.1, 0.15) is 5.71 Å². The van der Waals surface area contributed by atoms with Crippen LogP contribution in [-0.2, 0) is 0 Å². The van der Waals surface area contributed by atoms with Crippen LogP contribution in [-0.4, -0.2) is 24.0 Å². The molecule has 2 aromatic rings. The van der Waals surface area contributed by atoms with E-state index < -0.39 is 0 Å². The van der Waals surface area contributed by atoms with Crippen LogP contribution < -0.4 is 10.6 Å². The molecule has 0 amide bonds. The molecular weight excluding hydrogens is 609 g/mol. The fourth-order valence-electron chi connectivity index (χ4n) is 6.28. The average molecular weight is 683 g/mol. The second-order valence-corrected chi connectivity index (χ2v) is 14.9. The third-order valence-corrected chi connectivity index (χ3v) is 9.10. The van der Waals surface area contributed by atoms with Gasteiger partial charge in [-0.3, -0.25) is 4.99 Å². The number of hydrogen-bond donors (Lipinski definition) is 2. The van der Waals surface area contributed by atoms with Crippen molar-refractivity contribution < 1.29 is 0 Å². The molecule has 0 aliphatic carbocycles. The molecule has 0 saturated carbocycles. The lowest BCUT2D eigenvalue weighted by Crippen LogP contribution is -2.09. The molecule has 4 nitrogen and oxygen atoms in total. The summed E-state index contributed by atoms with van der Waals surface area (Å²) in [6.45, 7) is 10.9. The first-order valence-corrected chi connectivity index (χ1v) is 20.8. The number of nitrogens with zero attached hydrogens (tertiary/aromatic N) is 2. The van der Waals surface area contributed by atoms with E-state index in [2.05, 4.69) is 81.4 Å². The van der Waals surface area contributed by atoms with Gasteiger partial charge < -0.3 is 10.6 Å². The van der Waals surface area contributed by atoms with E-state index in [0.717, 1.165) is 35.6 Å². The lowest BCUT2D eigenvalue weighted by Gasteiger charge is -2.09. The van der Waals surface area contributed by atoms with Gasteiger partial charge in [0.25, 0.3) is 0 Å². The zero-order chi connectivity index (χ0) is 35.9. The average Bonchev–Trinajstić information content (AvgIpc) is 3.10. The first-order valence-electron chi connectivity index (χ1n) is 20.8. The van der Waals surface area contributed by atoms with Gasteiger partial charge in [0.05, 0.1) is 17.6 Å². The normalized spacial score (nSPS) is 11.8. The molecule has 0 bridgehead atoms. The van der Waals surface area contributed by atoms with E-state index in [4.69, 9.17) is 9.98 Å². The van der Waals surface area contributed by atoms with Gasteiger partial charge in [-0.2, -0.15) is 0 Å². The van der Waals surface area contributed by atoms with Crippen molar-refractivity contribution in [1.29, 1.82) is 0 Å². The molecule has 0 radical (unpaired) electrons. The van der Waals surface area contributed by atoms with E-state index >= 15 is 0 Å². The molecule has 0 fully saturated rings. The molecule has 0 heterocycles. The number of rotatable bonds is 29. The monoisotopic (exact) mass is 683 g/mol. The zero-order valence-corrected chi connectivity index (χ0v) is 33.0. The van der Waals surface area contributed by atoms with Crippen LogP contribution in [0.2, 0.25) is 0 Å². The maximum absolute atomic E-state index is 4.83. The van der Waals surface area contributed by atoms with Crippen LogP contribution in [0, 0.1) is 11.8 Å². The summed E-state index contributed by atoms with van der Waals surface area (Å²) in [5.41, 5.74) is 4.67. The molecule has 2 N–H and O–H groups in total. The molecule has 0 aliphatic rings. The van der Waals surface area contributed by atoms with Crippen LogP contribution in [0.5, 0.6) is 0 Å². The first-order chi connectivity index (χ1) is 24.5. The second-order valence-electron chi connectivity index (χ2n) is 14.9. The molecule has 2 rings (SSSR count). The van der Waals surface area contributed by atoms with E-state index in [1.54, 1.807) is 6.21 Å². The fraction of sp³-hybridized carbons (Fsp3) is 0.652. The predicted octanol–water partition coefficient (Wildman–Crippen LogP) is 14.8. The Labute approximate surface area is 309 Å². The summed E-state index contributed by atoms with van der Waals surface area (Å²) in [7, 11) is 0. The highest BCUT2D eigenvalue weighted by Gasteiger charge is 2.00. The quantitative estimate of drug-likeness (QED) is 0.0510. The van der Waals surface area contributed by atoms with Crippen LogP contribution in [0.3, 0.4) is 0 Å². The van der Waals surface area contributed by atoms with Crippen molar-refractivity contribution in [3.05, 3.63) is 48.5 Å². The van der Waals surface area contributed by atoms with Gasteiger partial charge in [-0.15, -0.1) is 0 Å². The Morgan fingerprint density at radius 1 is 0.520 bits per heavy atom. The summed E-state index contributed by atoms with van der Waals surface area (Å²) in [6, 6.07) is 17.2. The minimum Gasteiger partial charge on any atom is -0.383 e. The van der Waals surface area contributed by atoms with Gasteiger partial charge in [-0.25, -0.2) is 4.99 Å². The Bertz CT molecular complexity index is 1200. The summed E-state index contributed by atoms with van der Waals surface area (Å²) in [5.74, 6) is 6.69. The van der Waals surface area contributed by atoms with E-state index in [1.807, 2.05) is 24.3 Å². The van der Waals surface area contributed by atoms with Crippen molar-refractivity contribution in [3.63, 3.8) is 0 Å². The number of benzene rings is 2. The van der Waals surface area contributed by atoms with Gasteiger partial charge >= 0.3 is 0 Å². The molecule has 2 aromatic carbocycles. The van der Waals surface area contributed by atoms with Crippen LogP contribution in [0.25, 0.3) is 0 Å². The van der Waals surface area contributed by atoms with Gasteiger partial charge in [0.2, 0.25) is 0 Å². The number of anilines is 2. The molecule has 0 aromatic heterocycles. The molecule has 0 spiro atoms. The van der Waals surface area contributed by atoms with Crippen LogP contribution in [0.15, 0.2) is 58.5 Å². The molecule has 0 aliphatic heterocycles. The fourth-order valence-corrected chi connectivity index (χ4v) is 6.28. The van der Waals surface area contributed by atoms with Crippen LogP contribution in [0.1, 0.15) is 182 Å². The smallest absolute Gasteiger partial charge is 0.132 e. The van der Waals surface area contributed by atoms with Crippen molar-refractivity contribution in [1.82, 2.24) is 0 Å². The molecule has 50 heavy (non-hydrogen) atoms. The summed E-state index contributed by atoms with van der Waals surface area (Å²) in [4.78, 5) is 9.53. The first kappa shape index (κ1) is 43.1. The molecule has 0 unspecified atom stereocenters. The van der Waals surface area contributed by atoms with Crippen LogP contribution in [0.4, 0.5) is 22.7 Å². The van der Waals surface area contributed by atoms with Crippen molar-refractivity contribution in [2.75, 3.05) is 10.6 Å². The predicted molar refractivity (Wildman–Crippen MR) is 225 cm³/mol. The number of nitrogens with one attached hydrogen (secondary N) is 2. The maximum Gasteiger partial charge on any atom is 0.132 e. The van der Waals surface area contributed by atoms with Crippen molar-refractivity contribution in [2.45, 2.75) is 194 Å². The standard InChI is InChI=1S/C46H74N4/c1-6-7-8-9-10-11-12-13-14-15-16-17-18-19-20-21-22-23-24-25-26-27-28-29-30-46(50-45-37-35-44(36-38-45)49-41(4)5)39-47-42-31-33-43(34-32-42)48-40(2)3/h31-41,48-49H,6-28H2,1-5H3. The van der Waals surface area contributed by atoms with Gasteiger partial charge in [0.15, 0.2) is 0 Å². The minimum absolute atomic E-state index is 0.392. The Kier molecular flexibility index (Phi) is 25.6. The van der Waals surface area contributed by atoms with Crippen molar-refractivity contribution in [2.24, 2.45) is 9.98 Å². The number of unbranched alkanes of at least 4 members (excludes halogenated alkanes) is 22. The Balaban J connectivity index is 1.59. The number of hydrogen-bond acceptors (Lipinski definition) is 4. The van der Waals surface area contributed by atoms with E-state index in [0.29, 0.717) is 17.8 Å². The largest absolute Gasteiger partial charge is 0.383 e. The second kappa shape index (κ2) is 29.6. The topological polar surface area (TPSA) is 48.8 Å². The molecule has 278 valence electrons. The number of aliphatic imine (C=N–C) groups is 2. The van der Waals surface area contributed by atoms with Gasteiger partial charge in [-0.1, -0.05) is 148 Å². The van der Waals surface area contributed by atoms with Gasteiger partial charge in [-0.05, 0) is 88.6 Å². The third-order valence-electron chi connectivity index (χ3n) is 9.10. The Morgan fingerprint density at radius 2 is 0.880 bits per heavy atom. The zero-order valence-electron chi connectivity index (χ0n) is 33.0. The van der Waals surface area contributed by atoms with E-state index in [1.165, 1.54) is 135 Å². The van der Waals surface area contributed by atoms with E-state index in [-0.39, 0.29) is 0 Å². The minimum atomic E-state index is 0.392. The SMILES string of the molecule is CCCCCCCCCCCCCCCCCCCCCCCCC#CC(C=Nc1ccc(NC(C)C)cc1)=Nc1ccc(NC(C)C)cc1.